The number of carboxylic acids is 1. The second-order valence-corrected chi connectivity index (χ2v) is 5.91. The van der Waals surface area contributed by atoms with E-state index in [0.29, 0.717) is 19.3 Å². The third kappa shape index (κ3) is 4.97. The molecule has 2 rings (SSSR count). The summed E-state index contributed by atoms with van der Waals surface area (Å²) in [5, 5.41) is 11.7. The predicted octanol–water partition coefficient (Wildman–Crippen LogP) is 1.94. The number of aryl methyl sites for hydroxylation is 1. The minimum absolute atomic E-state index is 0.241. The number of benzene rings is 1. The van der Waals surface area contributed by atoms with E-state index in [9.17, 15) is 14.4 Å². The van der Waals surface area contributed by atoms with Gasteiger partial charge in [-0.2, -0.15) is 0 Å². The van der Waals surface area contributed by atoms with Gasteiger partial charge in [0.15, 0.2) is 0 Å². The van der Waals surface area contributed by atoms with E-state index in [4.69, 9.17) is 5.11 Å². The van der Waals surface area contributed by atoms with Crippen molar-refractivity contribution >= 4 is 22.9 Å². The molecule has 2 aromatic rings. The van der Waals surface area contributed by atoms with Crippen LogP contribution in [-0.2, 0) is 16.0 Å². The number of carbonyl (C=O) groups excluding carboxylic acids is 1. The van der Waals surface area contributed by atoms with Crippen LogP contribution >= 0.6 is 0 Å². The number of H-pyrrole nitrogens is 2. The highest BCUT2D eigenvalue weighted by atomic mass is 16.4. The number of hydrogen-bond donors (Lipinski definition) is 4. The van der Waals surface area contributed by atoms with Crippen molar-refractivity contribution < 1.29 is 14.7 Å². The fourth-order valence-corrected chi connectivity index (χ4v) is 2.62. The van der Waals surface area contributed by atoms with Crippen LogP contribution in [0.4, 0.5) is 0 Å². The lowest BCUT2D eigenvalue weighted by molar-refractivity contribution is -0.142. The largest absolute Gasteiger partial charge is 0.480 e. The highest BCUT2D eigenvalue weighted by molar-refractivity contribution is 5.83. The highest BCUT2D eigenvalue weighted by Gasteiger charge is 2.18. The molecule has 7 nitrogen and oxygen atoms in total. The van der Waals surface area contributed by atoms with Crippen LogP contribution in [0.25, 0.3) is 11.0 Å². The van der Waals surface area contributed by atoms with Crippen LogP contribution in [0.5, 0.6) is 0 Å². The Bertz CT molecular complexity index is 763. The van der Waals surface area contributed by atoms with Crippen molar-refractivity contribution in [3.8, 4) is 0 Å². The van der Waals surface area contributed by atoms with Gasteiger partial charge in [-0.1, -0.05) is 25.8 Å². The van der Waals surface area contributed by atoms with Gasteiger partial charge in [-0.25, -0.2) is 9.59 Å². The first-order chi connectivity index (χ1) is 11.5. The third-order valence-corrected chi connectivity index (χ3v) is 3.93. The molecule has 0 radical (unpaired) electrons. The predicted molar refractivity (Wildman–Crippen MR) is 90.9 cm³/mol. The second kappa shape index (κ2) is 8.33. The highest BCUT2D eigenvalue weighted by Crippen LogP contribution is 2.12. The quantitative estimate of drug-likeness (QED) is 0.561. The van der Waals surface area contributed by atoms with E-state index < -0.39 is 12.0 Å². The van der Waals surface area contributed by atoms with Crippen molar-refractivity contribution in [1.29, 1.82) is 0 Å². The molecule has 0 spiro atoms. The number of rotatable bonds is 9. The Kier molecular flexibility index (Phi) is 6.17. The molecular weight excluding hydrogens is 310 g/mol. The molecule has 1 aromatic heterocycles. The van der Waals surface area contributed by atoms with Gasteiger partial charge in [-0.05, 0) is 37.0 Å². The molecular formula is C17H23N3O4. The van der Waals surface area contributed by atoms with Gasteiger partial charge in [0.05, 0.1) is 11.0 Å². The van der Waals surface area contributed by atoms with Crippen LogP contribution < -0.4 is 11.0 Å². The Balaban J connectivity index is 1.82. The fraction of sp³-hybridized carbons (Fsp3) is 0.471. The summed E-state index contributed by atoms with van der Waals surface area (Å²) in [5.41, 5.74) is 2.27. The maximum absolute atomic E-state index is 11.9. The first-order valence-electron chi connectivity index (χ1n) is 8.22. The van der Waals surface area contributed by atoms with Crippen LogP contribution in [-0.4, -0.2) is 33.0 Å². The number of carbonyl (C=O) groups is 2. The standard InChI is InChI=1S/C17H23N3O4/c1-2-3-6-13(16(22)23)18-15(21)7-4-5-11-8-9-12-14(10-11)20-17(24)19-12/h8-10,13H,2-7H2,1H3,(H,18,21)(H,22,23)(H2,19,20,24). The van der Waals surface area contributed by atoms with E-state index in [0.717, 1.165) is 29.4 Å². The zero-order valence-electron chi connectivity index (χ0n) is 13.7. The second-order valence-electron chi connectivity index (χ2n) is 5.91. The van der Waals surface area contributed by atoms with E-state index in [-0.39, 0.29) is 18.0 Å². The summed E-state index contributed by atoms with van der Waals surface area (Å²) in [7, 11) is 0. The Morgan fingerprint density at radius 1 is 1.21 bits per heavy atom. The summed E-state index contributed by atoms with van der Waals surface area (Å²) in [6, 6.07) is 4.81. The Morgan fingerprint density at radius 3 is 2.67 bits per heavy atom. The molecule has 130 valence electrons. The number of hydrogen-bond acceptors (Lipinski definition) is 3. The van der Waals surface area contributed by atoms with E-state index in [1.807, 2.05) is 25.1 Å². The zero-order valence-corrected chi connectivity index (χ0v) is 13.7. The van der Waals surface area contributed by atoms with Crippen molar-refractivity contribution in [2.24, 2.45) is 0 Å². The Hall–Kier alpha value is -2.57. The normalized spacial score (nSPS) is 12.2. The van der Waals surface area contributed by atoms with E-state index in [1.165, 1.54) is 0 Å². The smallest absolute Gasteiger partial charge is 0.326 e. The monoisotopic (exact) mass is 333 g/mol. The van der Waals surface area contributed by atoms with Crippen LogP contribution in [0.1, 0.15) is 44.6 Å². The van der Waals surface area contributed by atoms with Gasteiger partial charge >= 0.3 is 11.7 Å². The maximum Gasteiger partial charge on any atom is 0.326 e. The number of unbranched alkanes of at least 4 members (excludes halogenated alkanes) is 1. The summed E-state index contributed by atoms with van der Waals surface area (Å²) < 4.78 is 0. The molecule has 0 aliphatic rings. The van der Waals surface area contributed by atoms with Gasteiger partial charge in [-0.15, -0.1) is 0 Å². The summed E-state index contributed by atoms with van der Waals surface area (Å²) in [6.45, 7) is 1.98. The van der Waals surface area contributed by atoms with Gasteiger partial charge in [0.2, 0.25) is 5.91 Å². The molecule has 4 N–H and O–H groups in total. The van der Waals surface area contributed by atoms with Crippen molar-refractivity contribution in [3.63, 3.8) is 0 Å². The molecule has 1 atom stereocenters. The maximum atomic E-state index is 11.9. The molecule has 0 saturated heterocycles. The minimum Gasteiger partial charge on any atom is -0.480 e. The molecule has 0 saturated carbocycles. The van der Waals surface area contributed by atoms with Gasteiger partial charge in [-0.3, -0.25) is 4.79 Å². The molecule has 1 aromatic carbocycles. The Morgan fingerprint density at radius 2 is 1.96 bits per heavy atom. The fourth-order valence-electron chi connectivity index (χ4n) is 2.62. The molecule has 0 aliphatic carbocycles. The summed E-state index contributed by atoms with van der Waals surface area (Å²) in [4.78, 5) is 39.6. The number of imidazole rings is 1. The number of nitrogens with one attached hydrogen (secondary N) is 3. The molecule has 1 amide bonds. The van der Waals surface area contributed by atoms with Crippen molar-refractivity contribution in [2.75, 3.05) is 0 Å². The number of amides is 1. The molecule has 0 bridgehead atoms. The number of aliphatic carboxylic acids is 1. The summed E-state index contributed by atoms with van der Waals surface area (Å²) in [5.74, 6) is -1.23. The van der Waals surface area contributed by atoms with Crippen LogP contribution in [0, 0.1) is 0 Å². The zero-order chi connectivity index (χ0) is 17.5. The topological polar surface area (TPSA) is 115 Å². The van der Waals surface area contributed by atoms with Crippen LogP contribution in [0.3, 0.4) is 0 Å². The average molecular weight is 333 g/mol. The first-order valence-corrected chi connectivity index (χ1v) is 8.22. The molecule has 1 heterocycles. The van der Waals surface area contributed by atoms with E-state index in [1.54, 1.807) is 0 Å². The van der Waals surface area contributed by atoms with Gasteiger partial charge in [0.25, 0.3) is 0 Å². The number of fused-ring (bicyclic) bond motifs is 1. The minimum atomic E-state index is -0.987. The van der Waals surface area contributed by atoms with Crippen molar-refractivity contribution in [3.05, 3.63) is 34.2 Å². The van der Waals surface area contributed by atoms with Crippen LogP contribution in [0.15, 0.2) is 23.0 Å². The number of aromatic nitrogens is 2. The van der Waals surface area contributed by atoms with Crippen LogP contribution in [0.2, 0.25) is 0 Å². The van der Waals surface area contributed by atoms with Crippen molar-refractivity contribution in [1.82, 2.24) is 15.3 Å². The lowest BCUT2D eigenvalue weighted by atomic mass is 10.1. The molecule has 0 aliphatic heterocycles. The lowest BCUT2D eigenvalue weighted by Gasteiger charge is -2.14. The Labute approximate surface area is 139 Å². The van der Waals surface area contributed by atoms with Gasteiger partial charge in [0.1, 0.15) is 6.04 Å². The van der Waals surface area contributed by atoms with E-state index in [2.05, 4.69) is 15.3 Å². The number of aromatic amines is 2. The lowest BCUT2D eigenvalue weighted by Crippen LogP contribution is -2.40. The summed E-state index contributed by atoms with van der Waals surface area (Å²) >= 11 is 0. The summed E-state index contributed by atoms with van der Waals surface area (Å²) in [6.07, 6.45) is 3.69. The molecule has 24 heavy (non-hydrogen) atoms. The van der Waals surface area contributed by atoms with E-state index >= 15 is 0 Å². The van der Waals surface area contributed by atoms with Gasteiger partial charge in [0, 0.05) is 6.42 Å². The number of carboxylic acid groups (broad SMARTS) is 1. The SMILES string of the molecule is CCCCC(NC(=O)CCCc1ccc2[nH]c(=O)[nH]c2c1)C(=O)O. The van der Waals surface area contributed by atoms with Crippen molar-refractivity contribution in [2.45, 2.75) is 51.5 Å². The average Bonchev–Trinajstić information content (AvgIpc) is 2.90. The molecule has 7 heteroatoms. The first kappa shape index (κ1) is 17.8. The molecule has 1 unspecified atom stereocenters. The molecule has 0 fully saturated rings. The van der Waals surface area contributed by atoms with Gasteiger partial charge < -0.3 is 20.4 Å². The third-order valence-electron chi connectivity index (χ3n) is 3.93.